The molecule has 0 fully saturated rings. The van der Waals surface area contributed by atoms with Gasteiger partial charge in [-0.2, -0.15) is 0 Å². The molecule has 0 aliphatic rings. The molecule has 0 heterocycles. The molecule has 3 nitrogen and oxygen atoms in total. The number of allylic oxidation sites excluding steroid dienone is 1. The second-order valence-electron chi connectivity index (χ2n) is 2.37. The fourth-order valence-electron chi connectivity index (χ4n) is 0.842. The van der Waals surface area contributed by atoms with E-state index in [2.05, 4.69) is 0 Å². The highest BCUT2D eigenvalue weighted by molar-refractivity contribution is 5.84. The van der Waals surface area contributed by atoms with Crippen LogP contribution in [0.25, 0.3) is 0 Å². The van der Waals surface area contributed by atoms with Crippen LogP contribution in [0.5, 0.6) is 5.75 Å². The summed E-state index contributed by atoms with van der Waals surface area (Å²) in [5.41, 5.74) is 0. The van der Waals surface area contributed by atoms with E-state index < -0.39 is 5.97 Å². The SMILES string of the molecule is CC=C(Oc1ccccc1)C(=O)O. The van der Waals surface area contributed by atoms with Crippen molar-refractivity contribution in [1.29, 1.82) is 0 Å². The van der Waals surface area contributed by atoms with Crippen molar-refractivity contribution in [2.75, 3.05) is 0 Å². The number of hydrogen-bond donors (Lipinski definition) is 1. The van der Waals surface area contributed by atoms with E-state index in [0.717, 1.165) is 0 Å². The van der Waals surface area contributed by atoms with Crippen LogP contribution in [0.1, 0.15) is 6.92 Å². The van der Waals surface area contributed by atoms with Crippen molar-refractivity contribution in [3.8, 4) is 5.75 Å². The molecule has 0 aromatic heterocycles. The molecule has 0 amide bonds. The third kappa shape index (κ3) is 2.63. The van der Waals surface area contributed by atoms with Crippen LogP contribution in [-0.2, 0) is 4.79 Å². The van der Waals surface area contributed by atoms with Crippen LogP contribution < -0.4 is 4.74 Å². The van der Waals surface area contributed by atoms with Crippen LogP contribution in [0.3, 0.4) is 0 Å². The minimum atomic E-state index is -1.06. The van der Waals surface area contributed by atoms with E-state index >= 15 is 0 Å². The Bertz CT molecular complexity index is 314. The Morgan fingerprint density at radius 2 is 2.00 bits per heavy atom. The third-order valence-corrected chi connectivity index (χ3v) is 1.44. The van der Waals surface area contributed by atoms with Gasteiger partial charge in [0.2, 0.25) is 5.76 Å². The van der Waals surface area contributed by atoms with Crippen LogP contribution >= 0.6 is 0 Å². The van der Waals surface area contributed by atoms with Gasteiger partial charge in [0.15, 0.2) is 0 Å². The summed E-state index contributed by atoms with van der Waals surface area (Å²) in [6.07, 6.45) is 1.41. The molecule has 1 aromatic carbocycles. The van der Waals surface area contributed by atoms with E-state index in [1.165, 1.54) is 6.08 Å². The summed E-state index contributed by atoms with van der Waals surface area (Å²) < 4.78 is 5.09. The first-order valence-electron chi connectivity index (χ1n) is 3.86. The predicted molar refractivity (Wildman–Crippen MR) is 48.5 cm³/mol. The van der Waals surface area contributed by atoms with Gasteiger partial charge in [0.25, 0.3) is 0 Å². The average molecular weight is 178 g/mol. The van der Waals surface area contributed by atoms with Crippen molar-refractivity contribution in [2.45, 2.75) is 6.92 Å². The number of carbonyl (C=O) groups is 1. The van der Waals surface area contributed by atoms with Gasteiger partial charge < -0.3 is 9.84 Å². The summed E-state index contributed by atoms with van der Waals surface area (Å²) in [4.78, 5) is 10.5. The van der Waals surface area contributed by atoms with Gasteiger partial charge >= 0.3 is 5.97 Å². The Kier molecular flexibility index (Phi) is 3.09. The molecule has 0 spiro atoms. The molecule has 1 aromatic rings. The molecule has 0 bridgehead atoms. The first-order valence-corrected chi connectivity index (χ1v) is 3.86. The zero-order chi connectivity index (χ0) is 9.68. The molecule has 3 heteroatoms. The van der Waals surface area contributed by atoms with Gasteiger partial charge in [-0.15, -0.1) is 0 Å². The van der Waals surface area contributed by atoms with Crippen LogP contribution in [0, 0.1) is 0 Å². The quantitative estimate of drug-likeness (QED) is 0.569. The number of carboxylic acid groups (broad SMARTS) is 1. The fraction of sp³-hybridized carbons (Fsp3) is 0.100. The smallest absolute Gasteiger partial charge is 0.371 e. The number of benzene rings is 1. The maximum atomic E-state index is 10.5. The van der Waals surface area contributed by atoms with Gasteiger partial charge in [0.1, 0.15) is 5.75 Å². The van der Waals surface area contributed by atoms with E-state index in [0.29, 0.717) is 5.75 Å². The van der Waals surface area contributed by atoms with E-state index in [4.69, 9.17) is 9.84 Å². The van der Waals surface area contributed by atoms with Gasteiger partial charge in [0, 0.05) is 0 Å². The van der Waals surface area contributed by atoms with Crippen molar-refractivity contribution >= 4 is 5.97 Å². The van der Waals surface area contributed by atoms with E-state index in [-0.39, 0.29) is 5.76 Å². The number of hydrogen-bond acceptors (Lipinski definition) is 2. The summed E-state index contributed by atoms with van der Waals surface area (Å²) in [5, 5.41) is 8.64. The molecular formula is C10H10O3. The number of ether oxygens (including phenoxy) is 1. The largest absolute Gasteiger partial charge is 0.475 e. The predicted octanol–water partition coefficient (Wildman–Crippen LogP) is 2.05. The van der Waals surface area contributed by atoms with Gasteiger partial charge in [-0.05, 0) is 25.1 Å². The minimum absolute atomic E-state index is 0.0637. The lowest BCUT2D eigenvalue weighted by Gasteiger charge is -2.04. The molecule has 1 N–H and O–H groups in total. The molecule has 0 saturated heterocycles. The molecular weight excluding hydrogens is 168 g/mol. The highest BCUT2D eigenvalue weighted by Gasteiger charge is 2.07. The standard InChI is InChI=1S/C10H10O3/c1-2-9(10(11)12)13-8-6-4-3-5-7-8/h2-7H,1H3,(H,11,12). The molecule has 0 radical (unpaired) electrons. The highest BCUT2D eigenvalue weighted by atomic mass is 16.5. The van der Waals surface area contributed by atoms with E-state index in [1.54, 1.807) is 31.2 Å². The van der Waals surface area contributed by atoms with Gasteiger partial charge in [0.05, 0.1) is 0 Å². The van der Waals surface area contributed by atoms with Crippen molar-refractivity contribution < 1.29 is 14.6 Å². The Morgan fingerprint density at radius 3 is 2.46 bits per heavy atom. The molecule has 0 saturated carbocycles. The van der Waals surface area contributed by atoms with Crippen LogP contribution in [0.2, 0.25) is 0 Å². The van der Waals surface area contributed by atoms with Gasteiger partial charge in [-0.3, -0.25) is 0 Å². The fourth-order valence-corrected chi connectivity index (χ4v) is 0.842. The van der Waals surface area contributed by atoms with Gasteiger partial charge in [-0.1, -0.05) is 18.2 Å². The van der Waals surface area contributed by atoms with Crippen molar-refractivity contribution in [3.63, 3.8) is 0 Å². The molecule has 0 aliphatic heterocycles. The molecule has 0 atom stereocenters. The first-order chi connectivity index (χ1) is 6.24. The van der Waals surface area contributed by atoms with E-state index in [9.17, 15) is 4.79 Å². The Labute approximate surface area is 76.3 Å². The first kappa shape index (κ1) is 9.32. The minimum Gasteiger partial charge on any atom is -0.475 e. The summed E-state index contributed by atoms with van der Waals surface area (Å²) in [6.45, 7) is 1.62. The molecule has 0 unspecified atom stereocenters. The third-order valence-electron chi connectivity index (χ3n) is 1.44. The van der Waals surface area contributed by atoms with Crippen LogP contribution in [0.15, 0.2) is 42.2 Å². The van der Waals surface area contributed by atoms with Crippen molar-refractivity contribution in [1.82, 2.24) is 0 Å². The Hall–Kier alpha value is -1.77. The summed E-state index contributed by atoms with van der Waals surface area (Å²) in [6, 6.07) is 8.80. The second kappa shape index (κ2) is 4.30. The molecule has 1 rings (SSSR count). The summed E-state index contributed by atoms with van der Waals surface area (Å²) >= 11 is 0. The van der Waals surface area contributed by atoms with Crippen molar-refractivity contribution in [3.05, 3.63) is 42.2 Å². The lowest BCUT2D eigenvalue weighted by molar-refractivity contribution is -0.135. The number of carboxylic acids is 1. The normalized spacial score (nSPS) is 11.0. The van der Waals surface area contributed by atoms with Gasteiger partial charge in [-0.25, -0.2) is 4.79 Å². The summed E-state index contributed by atoms with van der Waals surface area (Å²) in [5.74, 6) is -0.601. The maximum Gasteiger partial charge on any atom is 0.371 e. The van der Waals surface area contributed by atoms with Crippen LogP contribution in [-0.4, -0.2) is 11.1 Å². The number of aliphatic carboxylic acids is 1. The lowest BCUT2D eigenvalue weighted by atomic mass is 10.3. The zero-order valence-electron chi connectivity index (χ0n) is 7.23. The lowest BCUT2D eigenvalue weighted by Crippen LogP contribution is -2.06. The van der Waals surface area contributed by atoms with E-state index in [1.807, 2.05) is 6.07 Å². The highest BCUT2D eigenvalue weighted by Crippen LogP contribution is 2.12. The molecule has 13 heavy (non-hydrogen) atoms. The Morgan fingerprint density at radius 1 is 1.38 bits per heavy atom. The molecule has 68 valence electrons. The monoisotopic (exact) mass is 178 g/mol. The number of para-hydroxylation sites is 1. The Balaban J connectivity index is 2.74. The molecule has 0 aliphatic carbocycles. The van der Waals surface area contributed by atoms with Crippen molar-refractivity contribution in [2.24, 2.45) is 0 Å². The maximum absolute atomic E-state index is 10.5. The average Bonchev–Trinajstić information content (AvgIpc) is 2.15. The topological polar surface area (TPSA) is 46.5 Å². The zero-order valence-corrected chi connectivity index (χ0v) is 7.23. The second-order valence-corrected chi connectivity index (χ2v) is 2.37. The summed E-state index contributed by atoms with van der Waals surface area (Å²) in [7, 11) is 0. The number of rotatable bonds is 3. The van der Waals surface area contributed by atoms with Crippen LogP contribution in [0.4, 0.5) is 0 Å².